The summed E-state index contributed by atoms with van der Waals surface area (Å²) in [6.07, 6.45) is 3.01. The second kappa shape index (κ2) is 3.71. The van der Waals surface area contributed by atoms with E-state index in [1.165, 1.54) is 11.0 Å². The van der Waals surface area contributed by atoms with Gasteiger partial charge in [-0.2, -0.15) is 0 Å². The van der Waals surface area contributed by atoms with Gasteiger partial charge in [0.05, 0.1) is 5.41 Å². The topological polar surface area (TPSA) is 32.3 Å². The predicted octanol–water partition coefficient (Wildman–Crippen LogP) is 1.08. The van der Waals surface area contributed by atoms with E-state index in [0.717, 1.165) is 38.9 Å². The van der Waals surface area contributed by atoms with Crippen molar-refractivity contribution >= 4 is 28.5 Å². The van der Waals surface area contributed by atoms with E-state index in [9.17, 15) is 4.79 Å². The Kier molecular flexibility index (Phi) is 2.76. The first-order valence-electron chi connectivity index (χ1n) is 4.62. The van der Waals surface area contributed by atoms with E-state index < -0.39 is 0 Å². The molecule has 1 amide bonds. The number of carbonyl (C=O) groups excluding carboxylic acids is 1. The van der Waals surface area contributed by atoms with Gasteiger partial charge in [0.15, 0.2) is 0 Å². The second-order valence-corrected chi connectivity index (χ2v) is 4.97. The van der Waals surface area contributed by atoms with Gasteiger partial charge in [0.2, 0.25) is 5.91 Å². The zero-order chi connectivity index (χ0) is 9.31. The third-order valence-corrected chi connectivity index (χ3v) is 4.45. The molecule has 1 spiro atoms. The molecule has 2 fully saturated rings. The summed E-state index contributed by atoms with van der Waals surface area (Å²) >= 11 is 4.16. The van der Waals surface area contributed by atoms with E-state index in [1.54, 1.807) is 0 Å². The van der Waals surface area contributed by atoms with Crippen LogP contribution >= 0.6 is 22.6 Å². The fourth-order valence-electron chi connectivity index (χ4n) is 2.19. The molecule has 2 aliphatic rings. The molecule has 0 aromatic heterocycles. The lowest BCUT2D eigenvalue weighted by atomic mass is 9.78. The van der Waals surface area contributed by atoms with Gasteiger partial charge in [-0.05, 0) is 30.2 Å². The van der Waals surface area contributed by atoms with Crippen molar-refractivity contribution < 1.29 is 4.79 Å². The molecule has 0 atom stereocenters. The van der Waals surface area contributed by atoms with Gasteiger partial charge in [0, 0.05) is 19.6 Å². The largest absolute Gasteiger partial charge is 0.356 e. The molecule has 2 heterocycles. The van der Waals surface area contributed by atoms with Gasteiger partial charge in [-0.1, -0.05) is 11.7 Å². The van der Waals surface area contributed by atoms with E-state index >= 15 is 0 Å². The number of carbonyl (C=O) groups is 1. The Balaban J connectivity index is 1.99. The van der Waals surface area contributed by atoms with Crippen molar-refractivity contribution in [2.45, 2.75) is 19.3 Å². The van der Waals surface area contributed by atoms with Gasteiger partial charge in [-0.15, -0.1) is 0 Å². The number of piperidine rings is 1. The molecule has 13 heavy (non-hydrogen) atoms. The van der Waals surface area contributed by atoms with Crippen LogP contribution in [0.3, 0.4) is 0 Å². The maximum absolute atomic E-state index is 11.6. The minimum Gasteiger partial charge on any atom is -0.356 e. The first-order valence-corrected chi connectivity index (χ1v) is 6.44. The van der Waals surface area contributed by atoms with Crippen molar-refractivity contribution in [3.8, 4) is 0 Å². The molecule has 1 N–H and O–H groups in total. The number of rotatable bonds is 1. The lowest BCUT2D eigenvalue weighted by Gasteiger charge is -2.35. The minimum atomic E-state index is -0.0278. The third-order valence-electron chi connectivity index (χ3n) is 3.17. The first kappa shape index (κ1) is 9.68. The smallest absolute Gasteiger partial charge is 0.226 e. The van der Waals surface area contributed by atoms with Crippen LogP contribution in [0, 0.1) is 5.41 Å². The molecule has 2 aliphatic heterocycles. The van der Waals surface area contributed by atoms with E-state index in [4.69, 9.17) is 0 Å². The molecule has 74 valence electrons. The molecule has 0 radical (unpaired) electrons. The first-order chi connectivity index (χ1) is 6.27. The molecule has 0 unspecified atom stereocenters. The van der Waals surface area contributed by atoms with E-state index in [1.807, 2.05) is 0 Å². The van der Waals surface area contributed by atoms with E-state index in [2.05, 4.69) is 21.3 Å². The zero-order valence-corrected chi connectivity index (χ0v) is 9.16. The average molecular weight is 218 g/mol. The van der Waals surface area contributed by atoms with Gasteiger partial charge >= 0.3 is 0 Å². The summed E-state index contributed by atoms with van der Waals surface area (Å²) in [5.74, 6) is 0.274. The quantitative estimate of drug-likeness (QED) is 0.392. The van der Waals surface area contributed by atoms with Crippen LogP contribution in [0.15, 0.2) is 0 Å². The van der Waals surface area contributed by atoms with Crippen molar-refractivity contribution in [1.82, 2.24) is 9.62 Å². The number of nitrogens with zero attached hydrogens (tertiary/aromatic N) is 1. The fourth-order valence-corrected chi connectivity index (χ4v) is 3.03. The number of hydrogen-bond donors (Lipinski definition) is 2. The molecule has 2 rings (SSSR count). The summed E-state index contributed by atoms with van der Waals surface area (Å²) in [5, 5.41) is 2.93. The standard InChI is InChI=1S/C8H14N2OS2/c11-7-8(1-4-9-7)2-5-10(13-12)6-3-8/h12H,1-6H2,(H,9,11). The van der Waals surface area contributed by atoms with Crippen LogP contribution in [0.4, 0.5) is 0 Å². The Morgan fingerprint density at radius 2 is 2.08 bits per heavy atom. The summed E-state index contributed by atoms with van der Waals surface area (Å²) in [7, 11) is 1.49. The van der Waals surface area contributed by atoms with Crippen molar-refractivity contribution in [2.75, 3.05) is 19.6 Å². The van der Waals surface area contributed by atoms with Gasteiger partial charge in [-0.3, -0.25) is 4.79 Å². The molecule has 0 bridgehead atoms. The number of thiol groups is 1. The molecule has 0 aliphatic carbocycles. The maximum atomic E-state index is 11.6. The van der Waals surface area contributed by atoms with Gasteiger partial charge in [-0.25, -0.2) is 4.31 Å². The summed E-state index contributed by atoms with van der Waals surface area (Å²) in [6.45, 7) is 2.84. The van der Waals surface area contributed by atoms with Crippen LogP contribution in [0.25, 0.3) is 0 Å². The maximum Gasteiger partial charge on any atom is 0.226 e. The highest BCUT2D eigenvalue weighted by molar-refractivity contribution is 8.67. The summed E-state index contributed by atoms with van der Waals surface area (Å²) in [6, 6.07) is 0. The fraction of sp³-hybridized carbons (Fsp3) is 0.875. The monoisotopic (exact) mass is 218 g/mol. The molecule has 0 saturated carbocycles. The van der Waals surface area contributed by atoms with Crippen LogP contribution in [-0.4, -0.2) is 29.8 Å². The minimum absolute atomic E-state index is 0.0278. The van der Waals surface area contributed by atoms with Crippen LogP contribution < -0.4 is 5.32 Å². The predicted molar refractivity (Wildman–Crippen MR) is 57.4 cm³/mol. The molecule has 0 aromatic carbocycles. The van der Waals surface area contributed by atoms with Crippen LogP contribution in [0.1, 0.15) is 19.3 Å². The highest BCUT2D eigenvalue weighted by Gasteiger charge is 2.44. The highest BCUT2D eigenvalue weighted by atomic mass is 33.1. The number of hydrogen-bond acceptors (Lipinski definition) is 4. The van der Waals surface area contributed by atoms with Crippen molar-refractivity contribution in [3.63, 3.8) is 0 Å². The summed E-state index contributed by atoms with van der Waals surface area (Å²) in [5.41, 5.74) is -0.0278. The van der Waals surface area contributed by atoms with Crippen molar-refractivity contribution in [1.29, 1.82) is 0 Å². The molecular weight excluding hydrogens is 204 g/mol. The van der Waals surface area contributed by atoms with Crippen LogP contribution in [-0.2, 0) is 4.79 Å². The summed E-state index contributed by atoms with van der Waals surface area (Å²) in [4.78, 5) is 11.6. The van der Waals surface area contributed by atoms with Crippen molar-refractivity contribution in [3.05, 3.63) is 0 Å². The van der Waals surface area contributed by atoms with Crippen LogP contribution in [0.5, 0.6) is 0 Å². The zero-order valence-electron chi connectivity index (χ0n) is 7.45. The Morgan fingerprint density at radius 3 is 2.54 bits per heavy atom. The van der Waals surface area contributed by atoms with E-state index in [0.29, 0.717) is 0 Å². The highest BCUT2D eigenvalue weighted by Crippen LogP contribution is 2.39. The molecule has 3 nitrogen and oxygen atoms in total. The third kappa shape index (κ3) is 1.69. The van der Waals surface area contributed by atoms with Gasteiger partial charge < -0.3 is 5.32 Å². The second-order valence-electron chi connectivity index (χ2n) is 3.80. The number of nitrogens with one attached hydrogen (secondary N) is 1. The van der Waals surface area contributed by atoms with Crippen LogP contribution in [0.2, 0.25) is 0 Å². The lowest BCUT2D eigenvalue weighted by molar-refractivity contribution is -0.129. The van der Waals surface area contributed by atoms with Gasteiger partial charge in [0.25, 0.3) is 0 Å². The average Bonchev–Trinajstić information content (AvgIpc) is 2.50. The number of amides is 1. The Morgan fingerprint density at radius 1 is 1.38 bits per heavy atom. The molecule has 5 heteroatoms. The molecule has 0 aromatic rings. The SMILES string of the molecule is O=C1NCCC12CCN(SS)CC2. The Labute approximate surface area is 87.6 Å². The van der Waals surface area contributed by atoms with Crippen molar-refractivity contribution in [2.24, 2.45) is 5.41 Å². The molecule has 2 saturated heterocycles. The van der Waals surface area contributed by atoms with Gasteiger partial charge in [0.1, 0.15) is 0 Å². The lowest BCUT2D eigenvalue weighted by Crippen LogP contribution is -2.41. The Hall–Kier alpha value is 0.130. The summed E-state index contributed by atoms with van der Waals surface area (Å²) < 4.78 is 2.21. The van der Waals surface area contributed by atoms with E-state index in [-0.39, 0.29) is 11.3 Å². The molecular formula is C8H14N2OS2. The normalized spacial score (nSPS) is 27.9. The Bertz CT molecular complexity index is 214.